The summed E-state index contributed by atoms with van der Waals surface area (Å²) >= 11 is 15.7. The minimum atomic E-state index is -0.676. The molecule has 3 aromatic rings. The van der Waals surface area contributed by atoms with E-state index in [1.54, 1.807) is 18.4 Å². The summed E-state index contributed by atoms with van der Waals surface area (Å²) in [5, 5.41) is 11.7. The zero-order chi connectivity index (χ0) is 19.9. The Labute approximate surface area is 182 Å². The molecule has 0 saturated heterocycles. The number of aliphatic hydroxyl groups excluding tert-OH is 1. The van der Waals surface area contributed by atoms with Crippen molar-refractivity contribution in [3.05, 3.63) is 86.7 Å². The lowest BCUT2D eigenvalue weighted by atomic mass is 10.2. The van der Waals surface area contributed by atoms with Gasteiger partial charge in [0.2, 0.25) is 0 Å². The summed E-state index contributed by atoms with van der Waals surface area (Å²) in [6, 6.07) is 16.7. The molecule has 7 heteroatoms. The standard InChI is InChI=1S/C21H20BrCl2NO3/c22-16-4-7-19(8-5-16)28-14-18(26)12-25(13-20-2-1-9-27-20)11-15-3-6-17(23)10-21(15)24/h1-10,18,26H,11-14H2. The lowest BCUT2D eigenvalue weighted by Crippen LogP contribution is -2.35. The van der Waals surface area contributed by atoms with E-state index in [9.17, 15) is 5.11 Å². The van der Waals surface area contributed by atoms with Crippen molar-refractivity contribution < 1.29 is 14.3 Å². The van der Waals surface area contributed by atoms with Crippen molar-refractivity contribution >= 4 is 39.1 Å². The predicted octanol–water partition coefficient (Wildman–Crippen LogP) is 5.79. The van der Waals surface area contributed by atoms with Crippen LogP contribution in [0.5, 0.6) is 5.75 Å². The van der Waals surface area contributed by atoms with Gasteiger partial charge in [-0.2, -0.15) is 0 Å². The molecule has 0 bridgehead atoms. The van der Waals surface area contributed by atoms with E-state index in [0.29, 0.717) is 35.4 Å². The van der Waals surface area contributed by atoms with Crippen LogP contribution in [0.15, 0.2) is 69.8 Å². The Morgan fingerprint density at radius 2 is 1.86 bits per heavy atom. The van der Waals surface area contributed by atoms with Gasteiger partial charge in [0, 0.05) is 27.6 Å². The summed E-state index contributed by atoms with van der Waals surface area (Å²) in [4.78, 5) is 2.06. The highest BCUT2D eigenvalue weighted by Gasteiger charge is 2.16. The van der Waals surface area contributed by atoms with Gasteiger partial charge in [-0.25, -0.2) is 0 Å². The largest absolute Gasteiger partial charge is 0.491 e. The number of hydrogen-bond donors (Lipinski definition) is 1. The minimum absolute atomic E-state index is 0.185. The van der Waals surface area contributed by atoms with Gasteiger partial charge >= 0.3 is 0 Å². The number of hydrogen-bond acceptors (Lipinski definition) is 4. The fraction of sp³-hybridized carbons (Fsp3) is 0.238. The highest BCUT2D eigenvalue weighted by Crippen LogP contribution is 2.23. The molecule has 0 spiro atoms. The van der Waals surface area contributed by atoms with Crippen LogP contribution < -0.4 is 4.74 Å². The molecule has 1 unspecified atom stereocenters. The van der Waals surface area contributed by atoms with E-state index in [0.717, 1.165) is 15.8 Å². The van der Waals surface area contributed by atoms with Crippen molar-refractivity contribution in [3.63, 3.8) is 0 Å². The van der Waals surface area contributed by atoms with E-state index in [1.165, 1.54) is 0 Å². The summed E-state index contributed by atoms with van der Waals surface area (Å²) in [5.41, 5.74) is 0.929. The second kappa shape index (κ2) is 10.3. The summed E-state index contributed by atoms with van der Waals surface area (Å²) < 4.78 is 12.1. The van der Waals surface area contributed by atoms with E-state index < -0.39 is 6.10 Å². The van der Waals surface area contributed by atoms with Gasteiger partial charge in [0.05, 0.1) is 12.8 Å². The van der Waals surface area contributed by atoms with Gasteiger partial charge in [0.25, 0.3) is 0 Å². The molecule has 1 aromatic heterocycles. The monoisotopic (exact) mass is 483 g/mol. The second-order valence-electron chi connectivity index (χ2n) is 6.40. The normalized spacial score (nSPS) is 12.3. The summed E-state index contributed by atoms with van der Waals surface area (Å²) in [5.74, 6) is 1.52. The molecule has 1 N–H and O–H groups in total. The van der Waals surface area contributed by atoms with Crippen molar-refractivity contribution in [1.82, 2.24) is 4.90 Å². The summed E-state index contributed by atoms with van der Waals surface area (Å²) in [6.07, 6.45) is 0.959. The first kappa shape index (κ1) is 21.2. The fourth-order valence-electron chi connectivity index (χ4n) is 2.77. The SMILES string of the molecule is OC(COc1ccc(Br)cc1)CN(Cc1ccco1)Cc1ccc(Cl)cc1Cl. The molecule has 0 fully saturated rings. The molecular weight excluding hydrogens is 465 g/mol. The molecule has 1 heterocycles. The van der Waals surface area contributed by atoms with Crippen LogP contribution in [-0.4, -0.2) is 29.3 Å². The molecule has 2 aromatic carbocycles. The van der Waals surface area contributed by atoms with Gasteiger partial charge in [-0.3, -0.25) is 4.90 Å². The maximum atomic E-state index is 10.5. The number of aliphatic hydroxyl groups is 1. The van der Waals surface area contributed by atoms with Crippen molar-refractivity contribution in [2.24, 2.45) is 0 Å². The Morgan fingerprint density at radius 1 is 1.07 bits per heavy atom. The lowest BCUT2D eigenvalue weighted by molar-refractivity contribution is 0.0605. The third kappa shape index (κ3) is 6.54. The van der Waals surface area contributed by atoms with Crippen LogP contribution in [0.1, 0.15) is 11.3 Å². The van der Waals surface area contributed by atoms with Crippen molar-refractivity contribution in [1.29, 1.82) is 0 Å². The Bertz CT molecular complexity index is 872. The topological polar surface area (TPSA) is 45.8 Å². The first-order chi connectivity index (χ1) is 13.5. The molecule has 148 valence electrons. The van der Waals surface area contributed by atoms with E-state index in [4.69, 9.17) is 32.4 Å². The molecule has 0 saturated carbocycles. The van der Waals surface area contributed by atoms with Crippen molar-refractivity contribution in [2.45, 2.75) is 19.2 Å². The Balaban J connectivity index is 1.63. The van der Waals surface area contributed by atoms with Crippen molar-refractivity contribution in [3.8, 4) is 5.75 Å². The zero-order valence-electron chi connectivity index (χ0n) is 15.0. The van der Waals surface area contributed by atoms with Gasteiger partial charge in [-0.15, -0.1) is 0 Å². The van der Waals surface area contributed by atoms with Crippen LogP contribution in [0.3, 0.4) is 0 Å². The Hall–Kier alpha value is -1.50. The summed E-state index contributed by atoms with van der Waals surface area (Å²) in [7, 11) is 0. The van der Waals surface area contributed by atoms with Crippen LogP contribution in [-0.2, 0) is 13.1 Å². The van der Waals surface area contributed by atoms with E-state index in [-0.39, 0.29) is 6.61 Å². The highest BCUT2D eigenvalue weighted by atomic mass is 79.9. The van der Waals surface area contributed by atoms with Crippen molar-refractivity contribution in [2.75, 3.05) is 13.2 Å². The summed E-state index contributed by atoms with van der Waals surface area (Å²) in [6.45, 7) is 1.67. The average Bonchev–Trinajstić information content (AvgIpc) is 3.16. The number of benzene rings is 2. The predicted molar refractivity (Wildman–Crippen MR) is 115 cm³/mol. The van der Waals surface area contributed by atoms with Crippen LogP contribution in [0.25, 0.3) is 0 Å². The number of halogens is 3. The van der Waals surface area contributed by atoms with Crippen LogP contribution in [0.4, 0.5) is 0 Å². The second-order valence-corrected chi connectivity index (χ2v) is 8.16. The van der Waals surface area contributed by atoms with Crippen LogP contribution in [0.2, 0.25) is 10.0 Å². The van der Waals surface area contributed by atoms with E-state index in [1.807, 2.05) is 42.5 Å². The van der Waals surface area contributed by atoms with Crippen LogP contribution >= 0.6 is 39.1 Å². The Morgan fingerprint density at radius 3 is 2.54 bits per heavy atom. The third-order valence-electron chi connectivity index (χ3n) is 4.09. The molecule has 0 aliphatic rings. The van der Waals surface area contributed by atoms with Gasteiger partial charge in [-0.05, 0) is 54.1 Å². The molecular formula is C21H20BrCl2NO3. The van der Waals surface area contributed by atoms with Gasteiger partial charge < -0.3 is 14.3 Å². The lowest BCUT2D eigenvalue weighted by Gasteiger charge is -2.25. The number of nitrogens with zero attached hydrogens (tertiary/aromatic N) is 1. The maximum Gasteiger partial charge on any atom is 0.119 e. The molecule has 3 rings (SSSR count). The molecule has 0 radical (unpaired) electrons. The van der Waals surface area contributed by atoms with Gasteiger partial charge in [0.1, 0.15) is 24.2 Å². The number of rotatable bonds is 9. The fourth-order valence-corrected chi connectivity index (χ4v) is 3.51. The molecule has 1 atom stereocenters. The van der Waals surface area contributed by atoms with E-state index >= 15 is 0 Å². The average molecular weight is 485 g/mol. The van der Waals surface area contributed by atoms with Crippen LogP contribution in [0, 0.1) is 0 Å². The zero-order valence-corrected chi connectivity index (χ0v) is 18.1. The number of ether oxygens (including phenoxy) is 1. The maximum absolute atomic E-state index is 10.5. The first-order valence-electron chi connectivity index (χ1n) is 8.74. The molecule has 28 heavy (non-hydrogen) atoms. The molecule has 0 aliphatic heterocycles. The quantitative estimate of drug-likeness (QED) is 0.417. The molecule has 0 amide bonds. The smallest absolute Gasteiger partial charge is 0.119 e. The first-order valence-corrected chi connectivity index (χ1v) is 10.3. The van der Waals surface area contributed by atoms with E-state index in [2.05, 4.69) is 20.8 Å². The Kier molecular flexibility index (Phi) is 7.82. The highest BCUT2D eigenvalue weighted by molar-refractivity contribution is 9.10. The molecule has 0 aliphatic carbocycles. The third-order valence-corrected chi connectivity index (χ3v) is 5.21. The number of furan rings is 1. The molecule has 4 nitrogen and oxygen atoms in total. The van der Waals surface area contributed by atoms with Gasteiger partial charge in [-0.1, -0.05) is 45.2 Å². The van der Waals surface area contributed by atoms with Gasteiger partial charge in [0.15, 0.2) is 0 Å². The minimum Gasteiger partial charge on any atom is -0.491 e.